The number of nitrogens with zero attached hydrogens (tertiary/aromatic N) is 4. The Bertz CT molecular complexity index is 476. The second-order valence-electron chi connectivity index (χ2n) is 3.43. The van der Waals surface area contributed by atoms with E-state index in [1.807, 2.05) is 0 Å². The third-order valence-electron chi connectivity index (χ3n) is 2.14. The maximum Gasteiger partial charge on any atom is 0.292 e. The van der Waals surface area contributed by atoms with Gasteiger partial charge >= 0.3 is 0 Å². The van der Waals surface area contributed by atoms with Crippen molar-refractivity contribution in [2.75, 3.05) is 7.05 Å². The fraction of sp³-hybridized carbons (Fsp3) is 0.333. The quantitative estimate of drug-likeness (QED) is 0.809. The Labute approximate surface area is 91.5 Å². The van der Waals surface area contributed by atoms with Crippen molar-refractivity contribution in [3.8, 4) is 0 Å². The summed E-state index contributed by atoms with van der Waals surface area (Å²) < 4.78 is 4.88. The van der Waals surface area contributed by atoms with Gasteiger partial charge in [0.1, 0.15) is 12.2 Å². The van der Waals surface area contributed by atoms with Crippen molar-refractivity contribution in [1.82, 2.24) is 25.2 Å². The first-order chi connectivity index (χ1) is 7.68. The van der Waals surface area contributed by atoms with E-state index in [1.54, 1.807) is 14.0 Å². The summed E-state index contributed by atoms with van der Waals surface area (Å²) >= 11 is 0. The molecule has 2 aromatic rings. The Hall–Kier alpha value is -2.18. The Kier molecular flexibility index (Phi) is 2.67. The predicted octanol–water partition coefficient (Wildman–Crippen LogP) is 0.373. The van der Waals surface area contributed by atoms with Crippen LogP contribution in [0.3, 0.4) is 0 Å². The maximum absolute atomic E-state index is 11.9. The highest BCUT2D eigenvalue weighted by atomic mass is 16.5. The van der Waals surface area contributed by atoms with Crippen molar-refractivity contribution < 1.29 is 9.32 Å². The summed E-state index contributed by atoms with van der Waals surface area (Å²) in [5.74, 6) is 0.640. The third kappa shape index (κ3) is 1.92. The van der Waals surface area contributed by atoms with Gasteiger partial charge in [0, 0.05) is 12.6 Å². The van der Waals surface area contributed by atoms with Crippen LogP contribution in [-0.2, 0) is 6.54 Å². The van der Waals surface area contributed by atoms with Gasteiger partial charge in [-0.15, -0.1) is 0 Å². The van der Waals surface area contributed by atoms with E-state index in [9.17, 15) is 4.79 Å². The molecule has 0 aromatic carbocycles. The Morgan fingerprint density at radius 1 is 1.62 bits per heavy atom. The fourth-order valence-corrected chi connectivity index (χ4v) is 1.27. The van der Waals surface area contributed by atoms with Gasteiger partial charge in [0.2, 0.25) is 5.76 Å². The molecule has 0 saturated carbocycles. The number of carbonyl (C=O) groups is 1. The number of aromatic amines is 1. The van der Waals surface area contributed by atoms with Crippen molar-refractivity contribution in [3.05, 3.63) is 29.7 Å². The van der Waals surface area contributed by atoms with E-state index < -0.39 is 0 Å². The Morgan fingerprint density at radius 2 is 2.44 bits per heavy atom. The van der Waals surface area contributed by atoms with Crippen LogP contribution >= 0.6 is 0 Å². The normalized spacial score (nSPS) is 10.4. The fourth-order valence-electron chi connectivity index (χ4n) is 1.27. The number of hydrogen-bond donors (Lipinski definition) is 1. The van der Waals surface area contributed by atoms with E-state index >= 15 is 0 Å². The van der Waals surface area contributed by atoms with Crippen molar-refractivity contribution >= 4 is 5.91 Å². The summed E-state index contributed by atoms with van der Waals surface area (Å²) in [5, 5.41) is 9.95. The lowest BCUT2D eigenvalue weighted by molar-refractivity contribution is 0.0739. The third-order valence-corrected chi connectivity index (χ3v) is 2.14. The number of carbonyl (C=O) groups excluding carboxylic acids is 1. The molecule has 7 nitrogen and oxygen atoms in total. The lowest BCUT2D eigenvalue weighted by atomic mass is 10.2. The molecule has 2 heterocycles. The monoisotopic (exact) mass is 221 g/mol. The molecular weight excluding hydrogens is 210 g/mol. The summed E-state index contributed by atoms with van der Waals surface area (Å²) in [4.78, 5) is 17.3. The molecule has 2 aromatic heterocycles. The van der Waals surface area contributed by atoms with Crippen LogP contribution in [0.1, 0.15) is 21.9 Å². The summed E-state index contributed by atoms with van der Waals surface area (Å²) in [6, 6.07) is 0. The number of H-pyrrole nitrogens is 1. The number of hydrogen-bond acceptors (Lipinski definition) is 5. The molecule has 1 amide bonds. The van der Waals surface area contributed by atoms with Crippen molar-refractivity contribution in [1.29, 1.82) is 0 Å². The van der Waals surface area contributed by atoms with E-state index in [-0.39, 0.29) is 11.7 Å². The van der Waals surface area contributed by atoms with Gasteiger partial charge < -0.3 is 9.42 Å². The molecule has 84 valence electrons. The van der Waals surface area contributed by atoms with Crippen LogP contribution in [0.15, 0.2) is 17.0 Å². The number of aromatic nitrogens is 4. The minimum atomic E-state index is -0.230. The molecule has 7 heteroatoms. The van der Waals surface area contributed by atoms with Gasteiger partial charge in [-0.25, -0.2) is 4.98 Å². The highest BCUT2D eigenvalue weighted by Crippen LogP contribution is 2.09. The van der Waals surface area contributed by atoms with Crippen molar-refractivity contribution in [2.45, 2.75) is 13.5 Å². The van der Waals surface area contributed by atoms with Crippen LogP contribution in [0.25, 0.3) is 0 Å². The average molecular weight is 221 g/mol. The molecule has 0 radical (unpaired) electrons. The second-order valence-corrected chi connectivity index (χ2v) is 3.43. The molecule has 0 unspecified atom stereocenters. The van der Waals surface area contributed by atoms with Gasteiger partial charge in [-0.2, -0.15) is 5.10 Å². The molecule has 0 saturated heterocycles. The summed E-state index contributed by atoms with van der Waals surface area (Å²) in [7, 11) is 1.66. The molecule has 0 aliphatic carbocycles. The molecule has 2 rings (SSSR count). The SMILES string of the molecule is Cc1cnoc1C(=O)N(C)Cc1ncn[nH]1. The largest absolute Gasteiger partial charge is 0.351 e. The van der Waals surface area contributed by atoms with Crippen LogP contribution in [0.2, 0.25) is 0 Å². The molecule has 0 atom stereocenters. The van der Waals surface area contributed by atoms with Crippen LogP contribution in [-0.4, -0.2) is 38.2 Å². The number of rotatable bonds is 3. The molecule has 0 fully saturated rings. The smallest absolute Gasteiger partial charge is 0.292 e. The first-order valence-corrected chi connectivity index (χ1v) is 4.69. The molecule has 0 aliphatic heterocycles. The minimum absolute atomic E-state index is 0.230. The highest BCUT2D eigenvalue weighted by molar-refractivity contribution is 5.92. The van der Waals surface area contributed by atoms with E-state index in [1.165, 1.54) is 17.4 Å². The van der Waals surface area contributed by atoms with E-state index in [4.69, 9.17) is 4.52 Å². The number of amides is 1. The molecule has 0 spiro atoms. The average Bonchev–Trinajstić information content (AvgIpc) is 2.88. The number of nitrogens with one attached hydrogen (secondary N) is 1. The molecule has 0 bridgehead atoms. The van der Waals surface area contributed by atoms with Gasteiger partial charge in [-0.3, -0.25) is 9.89 Å². The van der Waals surface area contributed by atoms with Crippen LogP contribution in [0.5, 0.6) is 0 Å². The summed E-state index contributed by atoms with van der Waals surface area (Å²) in [5.41, 5.74) is 0.717. The Morgan fingerprint density at radius 3 is 3.00 bits per heavy atom. The zero-order valence-corrected chi connectivity index (χ0v) is 8.97. The van der Waals surface area contributed by atoms with Crippen LogP contribution < -0.4 is 0 Å². The Balaban J connectivity index is 2.08. The molecule has 0 aliphatic rings. The summed E-state index contributed by atoms with van der Waals surface area (Å²) in [6.07, 6.45) is 2.91. The van der Waals surface area contributed by atoms with Gasteiger partial charge in [0.15, 0.2) is 0 Å². The predicted molar refractivity (Wildman–Crippen MR) is 53.4 cm³/mol. The lowest BCUT2D eigenvalue weighted by Crippen LogP contribution is -2.26. The topological polar surface area (TPSA) is 87.9 Å². The minimum Gasteiger partial charge on any atom is -0.351 e. The summed E-state index contributed by atoms with van der Waals surface area (Å²) in [6.45, 7) is 2.12. The van der Waals surface area contributed by atoms with Gasteiger partial charge in [0.05, 0.1) is 12.7 Å². The standard InChI is InChI=1S/C9H11N5O2/c1-6-3-12-16-8(6)9(15)14(2)4-7-10-5-11-13-7/h3,5H,4H2,1-2H3,(H,10,11,13). The molecule has 16 heavy (non-hydrogen) atoms. The molecule has 1 N–H and O–H groups in total. The van der Waals surface area contributed by atoms with Crippen LogP contribution in [0, 0.1) is 6.92 Å². The van der Waals surface area contributed by atoms with E-state index in [0.717, 1.165) is 5.56 Å². The zero-order chi connectivity index (χ0) is 11.5. The van der Waals surface area contributed by atoms with E-state index in [0.29, 0.717) is 12.4 Å². The molecular formula is C9H11N5O2. The lowest BCUT2D eigenvalue weighted by Gasteiger charge is -2.13. The number of aryl methyl sites for hydroxylation is 1. The van der Waals surface area contributed by atoms with Gasteiger partial charge in [-0.05, 0) is 6.92 Å². The highest BCUT2D eigenvalue weighted by Gasteiger charge is 2.19. The maximum atomic E-state index is 11.9. The van der Waals surface area contributed by atoms with Gasteiger partial charge in [0.25, 0.3) is 5.91 Å². The van der Waals surface area contributed by atoms with Crippen molar-refractivity contribution in [3.63, 3.8) is 0 Å². The van der Waals surface area contributed by atoms with Gasteiger partial charge in [-0.1, -0.05) is 5.16 Å². The first kappa shape index (κ1) is 10.3. The first-order valence-electron chi connectivity index (χ1n) is 4.69. The second kappa shape index (κ2) is 4.13. The zero-order valence-electron chi connectivity index (χ0n) is 8.97. The van der Waals surface area contributed by atoms with Crippen LogP contribution in [0.4, 0.5) is 0 Å². The van der Waals surface area contributed by atoms with Crippen molar-refractivity contribution in [2.24, 2.45) is 0 Å². The van der Waals surface area contributed by atoms with E-state index in [2.05, 4.69) is 20.3 Å².